The molecular weight excluding hydrogens is 215 g/mol. The van der Waals surface area contributed by atoms with E-state index in [4.69, 9.17) is 5.26 Å². The van der Waals surface area contributed by atoms with Gasteiger partial charge in [0.1, 0.15) is 17.4 Å². The van der Waals surface area contributed by atoms with Crippen LogP contribution in [0, 0.1) is 17.1 Å². The molecule has 1 aliphatic rings. The van der Waals surface area contributed by atoms with Crippen LogP contribution in [0.1, 0.15) is 37.7 Å². The van der Waals surface area contributed by atoms with Crippen molar-refractivity contribution in [3.8, 4) is 6.07 Å². The largest absolute Gasteiger partial charge is 0.370 e. The van der Waals surface area contributed by atoms with E-state index in [0.717, 1.165) is 31.6 Å². The van der Waals surface area contributed by atoms with E-state index in [1.54, 1.807) is 6.07 Å². The molecule has 0 saturated carbocycles. The third-order valence-electron chi connectivity index (χ3n) is 3.30. The SMILES string of the molecule is N#Cc1c(F)cccc1N1CCCCCCC1. The van der Waals surface area contributed by atoms with Gasteiger partial charge in [0.05, 0.1) is 5.69 Å². The smallest absolute Gasteiger partial charge is 0.143 e. The lowest BCUT2D eigenvalue weighted by Crippen LogP contribution is -2.27. The number of hydrogen-bond acceptors (Lipinski definition) is 2. The normalized spacial score (nSPS) is 17.1. The van der Waals surface area contributed by atoms with Crippen LogP contribution in [-0.2, 0) is 0 Å². The lowest BCUT2D eigenvalue weighted by atomic mass is 10.1. The van der Waals surface area contributed by atoms with E-state index in [0.29, 0.717) is 0 Å². The maximum atomic E-state index is 13.5. The predicted octanol–water partition coefficient (Wildman–Crippen LogP) is 3.47. The lowest BCUT2D eigenvalue weighted by molar-refractivity contribution is 0.554. The van der Waals surface area contributed by atoms with Crippen LogP contribution in [0.25, 0.3) is 0 Å². The molecule has 1 saturated heterocycles. The van der Waals surface area contributed by atoms with E-state index in [9.17, 15) is 4.39 Å². The summed E-state index contributed by atoms with van der Waals surface area (Å²) in [7, 11) is 0. The Kier molecular flexibility index (Phi) is 3.98. The first-order valence-corrected chi connectivity index (χ1v) is 6.26. The summed E-state index contributed by atoms with van der Waals surface area (Å²) < 4.78 is 13.5. The summed E-state index contributed by atoms with van der Waals surface area (Å²) in [5, 5.41) is 9.04. The molecule has 0 atom stereocenters. The fraction of sp³-hybridized carbons (Fsp3) is 0.500. The molecule has 0 N–H and O–H groups in total. The maximum Gasteiger partial charge on any atom is 0.143 e. The number of benzene rings is 1. The van der Waals surface area contributed by atoms with Gasteiger partial charge < -0.3 is 4.90 Å². The molecule has 1 aromatic carbocycles. The van der Waals surface area contributed by atoms with E-state index >= 15 is 0 Å². The summed E-state index contributed by atoms with van der Waals surface area (Å²) in [5.41, 5.74) is 0.947. The zero-order chi connectivity index (χ0) is 12.1. The first kappa shape index (κ1) is 11.9. The van der Waals surface area contributed by atoms with Crippen molar-refractivity contribution in [2.75, 3.05) is 18.0 Å². The van der Waals surface area contributed by atoms with Crippen LogP contribution in [0.4, 0.5) is 10.1 Å². The van der Waals surface area contributed by atoms with Crippen molar-refractivity contribution in [3.63, 3.8) is 0 Å². The molecule has 0 aliphatic carbocycles. The number of hydrogen-bond donors (Lipinski definition) is 0. The van der Waals surface area contributed by atoms with Crippen LogP contribution in [0.5, 0.6) is 0 Å². The first-order valence-electron chi connectivity index (χ1n) is 6.26. The summed E-state index contributed by atoms with van der Waals surface area (Å²) in [5.74, 6) is -0.410. The number of halogens is 1. The highest BCUT2D eigenvalue weighted by Crippen LogP contribution is 2.24. The van der Waals surface area contributed by atoms with E-state index in [1.165, 1.54) is 25.3 Å². The fourth-order valence-corrected chi connectivity index (χ4v) is 2.38. The minimum Gasteiger partial charge on any atom is -0.370 e. The van der Waals surface area contributed by atoms with Gasteiger partial charge in [0.25, 0.3) is 0 Å². The number of anilines is 1. The second-order valence-corrected chi connectivity index (χ2v) is 4.50. The van der Waals surface area contributed by atoms with Gasteiger partial charge in [-0.15, -0.1) is 0 Å². The van der Waals surface area contributed by atoms with Crippen LogP contribution < -0.4 is 4.90 Å². The van der Waals surface area contributed by atoms with Gasteiger partial charge in [-0.25, -0.2) is 4.39 Å². The third kappa shape index (κ3) is 2.76. The highest BCUT2D eigenvalue weighted by molar-refractivity contribution is 5.59. The highest BCUT2D eigenvalue weighted by Gasteiger charge is 2.15. The van der Waals surface area contributed by atoms with Crippen LogP contribution in [-0.4, -0.2) is 13.1 Å². The Morgan fingerprint density at radius 3 is 2.35 bits per heavy atom. The van der Waals surface area contributed by atoms with E-state index in [1.807, 2.05) is 12.1 Å². The molecule has 0 radical (unpaired) electrons. The molecule has 0 bridgehead atoms. The Labute approximate surface area is 102 Å². The van der Waals surface area contributed by atoms with Crippen LogP contribution in [0.15, 0.2) is 18.2 Å². The quantitative estimate of drug-likeness (QED) is 0.741. The molecule has 2 rings (SSSR count). The van der Waals surface area contributed by atoms with E-state index in [2.05, 4.69) is 4.90 Å². The standard InChI is InChI=1S/C14H17FN2/c15-13-7-6-8-14(12(13)11-16)17-9-4-2-1-3-5-10-17/h6-8H,1-5,9-10H2. The summed E-state index contributed by atoms with van der Waals surface area (Å²) in [4.78, 5) is 2.15. The molecule has 1 aromatic rings. The second kappa shape index (κ2) is 5.67. The number of rotatable bonds is 1. The van der Waals surface area contributed by atoms with Crippen LogP contribution in [0.3, 0.4) is 0 Å². The van der Waals surface area contributed by atoms with Crippen molar-refractivity contribution in [2.45, 2.75) is 32.1 Å². The third-order valence-corrected chi connectivity index (χ3v) is 3.30. The van der Waals surface area contributed by atoms with Gasteiger partial charge >= 0.3 is 0 Å². The predicted molar refractivity (Wildman–Crippen MR) is 66.4 cm³/mol. The minimum absolute atomic E-state index is 0.188. The fourth-order valence-electron chi connectivity index (χ4n) is 2.38. The average molecular weight is 232 g/mol. The van der Waals surface area contributed by atoms with Gasteiger partial charge in [-0.2, -0.15) is 5.26 Å². The number of nitrogens with zero attached hydrogens (tertiary/aromatic N) is 2. The Morgan fingerprint density at radius 1 is 1.06 bits per heavy atom. The Bertz CT molecular complexity index is 415. The Hall–Kier alpha value is -1.56. The van der Waals surface area contributed by atoms with E-state index in [-0.39, 0.29) is 5.56 Å². The van der Waals surface area contributed by atoms with Crippen molar-refractivity contribution in [1.29, 1.82) is 5.26 Å². The van der Waals surface area contributed by atoms with E-state index < -0.39 is 5.82 Å². The van der Waals surface area contributed by atoms with Gasteiger partial charge in [-0.3, -0.25) is 0 Å². The average Bonchev–Trinajstić information content (AvgIpc) is 2.28. The first-order chi connectivity index (χ1) is 8.33. The summed E-state index contributed by atoms with van der Waals surface area (Å²) in [6, 6.07) is 6.87. The van der Waals surface area contributed by atoms with Crippen molar-refractivity contribution in [2.24, 2.45) is 0 Å². The molecule has 90 valence electrons. The topological polar surface area (TPSA) is 27.0 Å². The van der Waals surface area contributed by atoms with Crippen molar-refractivity contribution in [1.82, 2.24) is 0 Å². The van der Waals surface area contributed by atoms with Gasteiger partial charge in [0.15, 0.2) is 0 Å². The summed E-state index contributed by atoms with van der Waals surface area (Å²) >= 11 is 0. The van der Waals surface area contributed by atoms with Crippen molar-refractivity contribution >= 4 is 5.69 Å². The maximum absolute atomic E-state index is 13.5. The zero-order valence-electron chi connectivity index (χ0n) is 9.95. The van der Waals surface area contributed by atoms with Crippen LogP contribution >= 0.6 is 0 Å². The molecule has 1 aliphatic heterocycles. The van der Waals surface area contributed by atoms with Crippen molar-refractivity contribution in [3.05, 3.63) is 29.6 Å². The monoisotopic (exact) mass is 232 g/mol. The Morgan fingerprint density at radius 2 is 1.71 bits per heavy atom. The lowest BCUT2D eigenvalue weighted by Gasteiger charge is -2.27. The molecular formula is C14H17FN2. The molecule has 0 unspecified atom stereocenters. The molecule has 0 aromatic heterocycles. The van der Waals surface area contributed by atoms with Crippen LogP contribution in [0.2, 0.25) is 0 Å². The summed E-state index contributed by atoms with van der Waals surface area (Å²) in [6.07, 6.45) is 6.01. The Balaban J connectivity index is 2.25. The number of nitriles is 1. The van der Waals surface area contributed by atoms with Gasteiger partial charge in [-0.05, 0) is 25.0 Å². The molecule has 1 heterocycles. The van der Waals surface area contributed by atoms with Gasteiger partial charge in [0.2, 0.25) is 0 Å². The minimum atomic E-state index is -0.410. The molecule has 2 nitrogen and oxygen atoms in total. The molecule has 1 fully saturated rings. The molecule has 17 heavy (non-hydrogen) atoms. The van der Waals surface area contributed by atoms with Crippen molar-refractivity contribution < 1.29 is 4.39 Å². The van der Waals surface area contributed by atoms with Gasteiger partial charge in [0, 0.05) is 13.1 Å². The second-order valence-electron chi connectivity index (χ2n) is 4.50. The molecule has 3 heteroatoms. The molecule has 0 spiro atoms. The molecule has 0 amide bonds. The van der Waals surface area contributed by atoms with Gasteiger partial charge in [-0.1, -0.05) is 25.3 Å². The zero-order valence-corrected chi connectivity index (χ0v) is 9.95. The summed E-state index contributed by atoms with van der Waals surface area (Å²) in [6.45, 7) is 1.86. The highest BCUT2D eigenvalue weighted by atomic mass is 19.1.